The Kier molecular flexibility index (Phi) is 9.46. The van der Waals surface area contributed by atoms with E-state index in [1.807, 2.05) is 6.92 Å². The Morgan fingerprint density at radius 2 is 1.82 bits per heavy atom. The number of carbonyl (C=O) groups excluding carboxylic acids is 1. The van der Waals surface area contributed by atoms with Gasteiger partial charge in [0.05, 0.1) is 12.9 Å². The Bertz CT molecular complexity index is 1540. The van der Waals surface area contributed by atoms with Crippen LogP contribution < -0.4 is 15.0 Å². The van der Waals surface area contributed by atoms with Crippen LogP contribution in [0.1, 0.15) is 67.7 Å². The lowest BCUT2D eigenvalue weighted by molar-refractivity contribution is 0.103. The molecule has 0 aliphatic rings. The average molecular weight is 575 g/mol. The van der Waals surface area contributed by atoms with Crippen molar-refractivity contribution < 1.29 is 22.3 Å². The summed E-state index contributed by atoms with van der Waals surface area (Å²) in [6.07, 6.45) is 1.66. The van der Waals surface area contributed by atoms with E-state index in [2.05, 4.69) is 25.5 Å². The van der Waals surface area contributed by atoms with E-state index < -0.39 is 21.4 Å². The number of carbonyl (C=O) groups is 1. The highest BCUT2D eigenvalue weighted by atomic mass is 32.2. The predicted molar refractivity (Wildman–Crippen MR) is 156 cm³/mol. The summed E-state index contributed by atoms with van der Waals surface area (Å²) in [5.74, 6) is -1.25. The minimum atomic E-state index is -3.35. The fraction of sp³-hybridized carbons (Fsp3) is 0.379. The second-order valence-electron chi connectivity index (χ2n) is 10.4. The van der Waals surface area contributed by atoms with Gasteiger partial charge in [0.15, 0.2) is 27.2 Å². The molecule has 0 radical (unpaired) electrons. The second kappa shape index (κ2) is 12.1. The van der Waals surface area contributed by atoms with Crippen molar-refractivity contribution in [2.24, 2.45) is 7.05 Å². The van der Waals surface area contributed by atoms with Crippen LogP contribution in [-0.4, -0.2) is 36.4 Å². The van der Waals surface area contributed by atoms with Crippen molar-refractivity contribution in [2.45, 2.75) is 51.2 Å². The number of ketones is 1. The number of ether oxygens (including phenoxy) is 1. The normalized spacial score (nSPS) is 12.8. The Balaban J connectivity index is 2.27. The highest BCUT2D eigenvalue weighted by Gasteiger charge is 2.23. The first-order valence-electron chi connectivity index (χ1n) is 12.5. The lowest BCUT2D eigenvalue weighted by Gasteiger charge is -2.24. The maximum atomic E-state index is 14.1. The van der Waals surface area contributed by atoms with Gasteiger partial charge >= 0.3 is 0 Å². The number of aromatic nitrogens is 1. The lowest BCUT2D eigenvalue weighted by atomic mass is 9.89. The molecular weight excluding hydrogens is 539 g/mol. The number of hydrogen-bond donors (Lipinski definition) is 1. The summed E-state index contributed by atoms with van der Waals surface area (Å²) in [6, 6.07) is 10.0. The average Bonchev–Trinajstić information content (AvgIpc) is 2.87. The van der Waals surface area contributed by atoms with E-state index in [0.717, 1.165) is 0 Å². The summed E-state index contributed by atoms with van der Waals surface area (Å²) in [6.45, 7) is 9.70. The van der Waals surface area contributed by atoms with Crippen molar-refractivity contribution in [3.05, 3.63) is 87.1 Å². The van der Waals surface area contributed by atoms with Crippen LogP contribution in [0.25, 0.3) is 11.1 Å². The van der Waals surface area contributed by atoms with Crippen molar-refractivity contribution >= 4 is 27.6 Å². The third-order valence-electron chi connectivity index (χ3n) is 6.13. The van der Waals surface area contributed by atoms with Crippen molar-refractivity contribution in [1.82, 2.24) is 9.29 Å². The topological polar surface area (TPSA) is 94.5 Å². The van der Waals surface area contributed by atoms with E-state index >= 15 is 0 Å². The lowest BCUT2D eigenvalue weighted by Crippen LogP contribution is -2.24. The molecule has 0 saturated heterocycles. The summed E-state index contributed by atoms with van der Waals surface area (Å²) >= 11 is 1.52. The van der Waals surface area contributed by atoms with E-state index in [1.54, 1.807) is 38.4 Å². The highest BCUT2D eigenvalue weighted by Crippen LogP contribution is 2.34. The van der Waals surface area contributed by atoms with Crippen LogP contribution in [0, 0.1) is 5.82 Å². The van der Waals surface area contributed by atoms with Crippen LogP contribution in [0.5, 0.6) is 5.75 Å². The third-order valence-corrected chi connectivity index (χ3v) is 8.86. The summed E-state index contributed by atoms with van der Waals surface area (Å²) in [4.78, 5) is 26.5. The molecule has 7 nitrogen and oxygen atoms in total. The summed E-state index contributed by atoms with van der Waals surface area (Å²) < 4.78 is 48.7. The maximum Gasteiger partial charge on any atom is 0.250 e. The molecule has 0 amide bonds. The molecule has 3 aromatic rings. The molecule has 2 aromatic carbocycles. The second-order valence-corrected chi connectivity index (χ2v) is 14.4. The van der Waals surface area contributed by atoms with Crippen LogP contribution in [0.3, 0.4) is 0 Å². The maximum absolute atomic E-state index is 14.1. The molecule has 0 bridgehead atoms. The molecule has 39 heavy (non-hydrogen) atoms. The van der Waals surface area contributed by atoms with E-state index in [-0.39, 0.29) is 44.7 Å². The monoisotopic (exact) mass is 574 g/mol. The van der Waals surface area contributed by atoms with Gasteiger partial charge in [-0.3, -0.25) is 14.3 Å². The van der Waals surface area contributed by atoms with Crippen molar-refractivity contribution in [1.29, 1.82) is 0 Å². The quantitative estimate of drug-likeness (QED) is 0.254. The molecule has 0 unspecified atom stereocenters. The first-order valence-corrected chi connectivity index (χ1v) is 15.2. The van der Waals surface area contributed by atoms with E-state index in [4.69, 9.17) is 4.74 Å². The molecule has 0 aliphatic carbocycles. The predicted octanol–water partition coefficient (Wildman–Crippen LogP) is 5.46. The Morgan fingerprint density at radius 1 is 1.13 bits per heavy atom. The molecule has 10 heteroatoms. The van der Waals surface area contributed by atoms with Gasteiger partial charge in [-0.2, -0.15) is 0 Å². The molecule has 1 atom stereocenters. The number of rotatable bonds is 10. The standard InChI is InChI=1S/C29H35FN2O5S2/c1-8-39(35,36)17-19-9-11-21(28(34)20-10-12-25(30)26(14-20)37-7)23(13-19)24-16-32(6)27(33)15-22(24)18(2)31-38-29(3,4)5/h9-16,18,31H,8,17H2,1-7H3/t18-/m0/s1. The number of halogens is 1. The number of aryl methyl sites for hydroxylation is 1. The van der Waals surface area contributed by atoms with Gasteiger partial charge in [-0.05, 0) is 68.7 Å². The first-order chi connectivity index (χ1) is 18.2. The fourth-order valence-corrected chi connectivity index (χ4v) is 5.52. The van der Waals surface area contributed by atoms with E-state index in [1.165, 1.54) is 47.9 Å². The largest absolute Gasteiger partial charge is 0.494 e. The van der Waals surface area contributed by atoms with Crippen molar-refractivity contribution in [3.63, 3.8) is 0 Å². The molecule has 0 fully saturated rings. The molecule has 0 aliphatic heterocycles. The molecule has 210 valence electrons. The number of nitrogens with zero attached hydrogens (tertiary/aromatic N) is 1. The fourth-order valence-electron chi connectivity index (χ4n) is 3.97. The molecule has 1 aromatic heterocycles. The van der Waals surface area contributed by atoms with Gasteiger partial charge in [0.25, 0.3) is 5.56 Å². The smallest absolute Gasteiger partial charge is 0.250 e. The number of nitrogens with one attached hydrogen (secondary N) is 1. The zero-order valence-electron chi connectivity index (χ0n) is 23.3. The highest BCUT2D eigenvalue weighted by molar-refractivity contribution is 7.98. The molecular formula is C29H35FN2O5S2. The number of benzene rings is 2. The number of pyridine rings is 1. The summed E-state index contributed by atoms with van der Waals surface area (Å²) in [5.41, 5.74) is 2.55. The SMILES string of the molecule is CCS(=O)(=O)Cc1ccc(C(=O)c2ccc(F)c(OC)c2)c(-c2cn(C)c(=O)cc2[C@H](C)NSC(C)(C)C)c1. The zero-order valence-corrected chi connectivity index (χ0v) is 24.9. The third kappa shape index (κ3) is 7.58. The van der Waals surface area contributed by atoms with Gasteiger partial charge in [-0.25, -0.2) is 12.8 Å². The molecule has 1 N–H and O–H groups in total. The van der Waals surface area contributed by atoms with Gasteiger partial charge < -0.3 is 9.30 Å². The Morgan fingerprint density at radius 3 is 2.44 bits per heavy atom. The minimum Gasteiger partial charge on any atom is -0.494 e. The van der Waals surface area contributed by atoms with Gasteiger partial charge in [0.2, 0.25) is 0 Å². The number of sulfone groups is 1. The number of methoxy groups -OCH3 is 1. The van der Waals surface area contributed by atoms with Gasteiger partial charge in [-0.15, -0.1) is 0 Å². The van der Waals surface area contributed by atoms with E-state index in [0.29, 0.717) is 22.3 Å². The van der Waals surface area contributed by atoms with Crippen LogP contribution in [0.2, 0.25) is 0 Å². The Hall–Kier alpha value is -2.95. The van der Waals surface area contributed by atoms with Crippen molar-refractivity contribution in [2.75, 3.05) is 12.9 Å². The molecule has 0 spiro atoms. The molecule has 0 saturated carbocycles. The van der Waals surface area contributed by atoms with E-state index in [9.17, 15) is 22.4 Å². The number of hydrogen-bond acceptors (Lipinski definition) is 7. The first kappa shape index (κ1) is 30.6. The Labute approximate surface area is 233 Å². The summed E-state index contributed by atoms with van der Waals surface area (Å²) in [5, 5.41) is 0. The van der Waals surface area contributed by atoms with Crippen LogP contribution in [0.4, 0.5) is 4.39 Å². The van der Waals surface area contributed by atoms with Crippen molar-refractivity contribution in [3.8, 4) is 16.9 Å². The van der Waals surface area contributed by atoms with Gasteiger partial charge in [0.1, 0.15) is 0 Å². The van der Waals surface area contributed by atoms with Gasteiger partial charge in [0, 0.05) is 52.5 Å². The zero-order chi connectivity index (χ0) is 29.1. The van der Waals surface area contributed by atoms with Crippen LogP contribution >= 0.6 is 11.9 Å². The minimum absolute atomic E-state index is 0.0194. The van der Waals surface area contributed by atoms with Gasteiger partial charge in [-0.1, -0.05) is 31.0 Å². The summed E-state index contributed by atoms with van der Waals surface area (Å²) in [7, 11) is -0.409. The van der Waals surface area contributed by atoms with Crippen LogP contribution in [-0.2, 0) is 22.6 Å². The molecule has 1 heterocycles. The van der Waals surface area contributed by atoms with Crippen LogP contribution in [0.15, 0.2) is 53.5 Å². The molecule has 3 rings (SSSR count).